The van der Waals surface area contributed by atoms with Crippen LogP contribution in [0.2, 0.25) is 0 Å². The van der Waals surface area contributed by atoms with Gasteiger partial charge in [0.1, 0.15) is 0 Å². The molecule has 0 aliphatic heterocycles. The first-order valence-electron chi connectivity index (χ1n) is 10.7. The number of hydrogen-bond donors (Lipinski definition) is 1. The molecule has 0 atom stereocenters. The van der Waals surface area contributed by atoms with Crippen LogP contribution in [0.3, 0.4) is 0 Å². The molecule has 0 spiro atoms. The number of ether oxygens (including phenoxy) is 2. The average Bonchev–Trinajstić information content (AvgIpc) is 2.83. The molecular weight excluding hydrogens is 420 g/mol. The molecule has 6 heteroatoms. The van der Waals surface area contributed by atoms with Crippen LogP contribution in [0.1, 0.15) is 41.8 Å². The molecular formula is C26H28N2O3S. The molecule has 0 radical (unpaired) electrons. The molecule has 0 saturated heterocycles. The van der Waals surface area contributed by atoms with Crippen molar-refractivity contribution in [1.82, 2.24) is 5.43 Å². The Hall–Kier alpha value is -3.25. The maximum Gasteiger partial charge on any atom is 0.271 e. The molecule has 0 aliphatic carbocycles. The number of nitrogens with one attached hydrogen (secondary N) is 1. The van der Waals surface area contributed by atoms with Gasteiger partial charge in [0, 0.05) is 16.2 Å². The molecule has 3 aromatic rings. The second kappa shape index (κ2) is 12.6. The zero-order chi connectivity index (χ0) is 22.6. The van der Waals surface area contributed by atoms with Gasteiger partial charge in [-0.3, -0.25) is 4.79 Å². The fraction of sp³-hybridized carbons (Fsp3) is 0.231. The summed E-state index contributed by atoms with van der Waals surface area (Å²) in [5.41, 5.74) is 5.11. The van der Waals surface area contributed by atoms with Gasteiger partial charge in [-0.25, -0.2) is 5.43 Å². The Labute approximate surface area is 193 Å². The highest BCUT2D eigenvalue weighted by molar-refractivity contribution is 7.98. The van der Waals surface area contributed by atoms with E-state index in [2.05, 4.69) is 29.6 Å². The van der Waals surface area contributed by atoms with Crippen molar-refractivity contribution in [3.63, 3.8) is 0 Å². The van der Waals surface area contributed by atoms with Crippen molar-refractivity contribution in [2.75, 3.05) is 13.2 Å². The van der Waals surface area contributed by atoms with Crippen LogP contribution in [0.5, 0.6) is 11.5 Å². The lowest BCUT2D eigenvalue weighted by Crippen LogP contribution is -2.17. The summed E-state index contributed by atoms with van der Waals surface area (Å²) in [6.07, 6.45) is 2.52. The van der Waals surface area contributed by atoms with Crippen molar-refractivity contribution < 1.29 is 14.3 Å². The normalized spacial score (nSPS) is 10.8. The standard InChI is InChI=1S/C26H28N2O3S/c1-3-16-31-24-15-12-21(17-25(24)30-4-2)18-27-28-26(29)22-13-10-20(11-14-22)19-32-23-8-6-5-7-9-23/h5-15,17-18H,3-4,16,19H2,1-2H3,(H,28,29)/b27-18-. The average molecular weight is 449 g/mol. The van der Waals surface area contributed by atoms with Crippen LogP contribution in [0.25, 0.3) is 0 Å². The van der Waals surface area contributed by atoms with E-state index in [1.165, 1.54) is 4.90 Å². The first-order valence-corrected chi connectivity index (χ1v) is 11.7. The number of carbonyl (C=O) groups is 1. The van der Waals surface area contributed by atoms with Gasteiger partial charge in [-0.1, -0.05) is 37.3 Å². The summed E-state index contributed by atoms with van der Waals surface area (Å²) in [6, 6.07) is 23.4. The summed E-state index contributed by atoms with van der Waals surface area (Å²) in [7, 11) is 0. The Morgan fingerprint density at radius 3 is 2.47 bits per heavy atom. The van der Waals surface area contributed by atoms with Crippen LogP contribution < -0.4 is 14.9 Å². The van der Waals surface area contributed by atoms with Gasteiger partial charge in [0.2, 0.25) is 0 Å². The van der Waals surface area contributed by atoms with Crippen LogP contribution in [0.4, 0.5) is 0 Å². The highest BCUT2D eigenvalue weighted by Gasteiger charge is 2.07. The minimum atomic E-state index is -0.253. The largest absolute Gasteiger partial charge is 0.490 e. The van der Waals surface area contributed by atoms with E-state index in [9.17, 15) is 4.79 Å². The molecule has 0 saturated carbocycles. The van der Waals surface area contributed by atoms with Gasteiger partial charge in [0.25, 0.3) is 5.91 Å². The molecule has 166 valence electrons. The topological polar surface area (TPSA) is 59.9 Å². The second-order valence-electron chi connectivity index (χ2n) is 6.99. The van der Waals surface area contributed by atoms with Crippen molar-refractivity contribution in [3.05, 3.63) is 89.5 Å². The van der Waals surface area contributed by atoms with Crippen LogP contribution in [-0.2, 0) is 5.75 Å². The molecule has 32 heavy (non-hydrogen) atoms. The van der Waals surface area contributed by atoms with Crippen LogP contribution in [0, 0.1) is 0 Å². The van der Waals surface area contributed by atoms with Gasteiger partial charge >= 0.3 is 0 Å². The Morgan fingerprint density at radius 2 is 1.75 bits per heavy atom. The minimum Gasteiger partial charge on any atom is -0.490 e. The quantitative estimate of drug-likeness (QED) is 0.224. The molecule has 0 aromatic heterocycles. The molecule has 0 fully saturated rings. The van der Waals surface area contributed by atoms with E-state index in [0.29, 0.717) is 30.3 Å². The fourth-order valence-electron chi connectivity index (χ4n) is 2.87. The summed E-state index contributed by atoms with van der Waals surface area (Å²) in [4.78, 5) is 13.6. The Bertz CT molecular complexity index is 1020. The van der Waals surface area contributed by atoms with Gasteiger partial charge in [0.15, 0.2) is 11.5 Å². The third-order valence-corrected chi connectivity index (χ3v) is 5.56. The molecule has 0 unspecified atom stereocenters. The van der Waals surface area contributed by atoms with Crippen molar-refractivity contribution in [3.8, 4) is 11.5 Å². The van der Waals surface area contributed by atoms with E-state index < -0.39 is 0 Å². The first kappa shape index (κ1) is 23.4. The maximum atomic E-state index is 12.4. The van der Waals surface area contributed by atoms with Crippen LogP contribution in [0.15, 0.2) is 82.8 Å². The van der Waals surface area contributed by atoms with E-state index in [4.69, 9.17) is 9.47 Å². The monoisotopic (exact) mass is 448 g/mol. The summed E-state index contributed by atoms with van der Waals surface area (Å²) in [5, 5.41) is 4.08. The number of carbonyl (C=O) groups excluding carboxylic acids is 1. The van der Waals surface area contributed by atoms with E-state index >= 15 is 0 Å². The highest BCUT2D eigenvalue weighted by atomic mass is 32.2. The van der Waals surface area contributed by atoms with Gasteiger partial charge < -0.3 is 9.47 Å². The van der Waals surface area contributed by atoms with Gasteiger partial charge in [-0.05, 0) is 66.9 Å². The lowest BCUT2D eigenvalue weighted by molar-refractivity contribution is 0.0955. The smallest absolute Gasteiger partial charge is 0.271 e. The Kier molecular flexibility index (Phi) is 9.20. The molecule has 0 heterocycles. The van der Waals surface area contributed by atoms with Crippen LogP contribution >= 0.6 is 11.8 Å². The van der Waals surface area contributed by atoms with Gasteiger partial charge in [-0.2, -0.15) is 5.10 Å². The van der Waals surface area contributed by atoms with E-state index in [0.717, 1.165) is 23.3 Å². The SMILES string of the molecule is CCCOc1ccc(/C=N\NC(=O)c2ccc(CSc3ccccc3)cc2)cc1OCC. The predicted molar refractivity (Wildman–Crippen MR) is 131 cm³/mol. The van der Waals surface area contributed by atoms with E-state index in [1.807, 2.05) is 67.6 Å². The number of hydrogen-bond acceptors (Lipinski definition) is 5. The maximum absolute atomic E-state index is 12.4. The molecule has 5 nitrogen and oxygen atoms in total. The Morgan fingerprint density at radius 1 is 0.969 bits per heavy atom. The number of nitrogens with zero attached hydrogens (tertiary/aromatic N) is 1. The summed E-state index contributed by atoms with van der Waals surface area (Å²) in [6.45, 7) is 5.16. The third-order valence-electron chi connectivity index (χ3n) is 4.47. The van der Waals surface area contributed by atoms with E-state index in [-0.39, 0.29) is 5.91 Å². The molecule has 0 aliphatic rings. The Balaban J connectivity index is 1.54. The van der Waals surface area contributed by atoms with Crippen molar-refractivity contribution in [2.24, 2.45) is 5.10 Å². The lowest BCUT2D eigenvalue weighted by atomic mass is 10.1. The van der Waals surface area contributed by atoms with Crippen LogP contribution in [-0.4, -0.2) is 25.3 Å². The van der Waals surface area contributed by atoms with Gasteiger partial charge in [0.05, 0.1) is 19.4 Å². The lowest BCUT2D eigenvalue weighted by Gasteiger charge is -2.11. The second-order valence-corrected chi connectivity index (χ2v) is 8.03. The summed E-state index contributed by atoms with van der Waals surface area (Å²) in [5.74, 6) is 1.97. The first-order chi connectivity index (χ1) is 15.7. The van der Waals surface area contributed by atoms with Crippen molar-refractivity contribution in [2.45, 2.75) is 30.9 Å². The van der Waals surface area contributed by atoms with E-state index in [1.54, 1.807) is 18.0 Å². The number of thioether (sulfide) groups is 1. The fourth-order valence-corrected chi connectivity index (χ4v) is 3.75. The number of amides is 1. The molecule has 1 N–H and O–H groups in total. The summed E-state index contributed by atoms with van der Waals surface area (Å²) < 4.78 is 11.4. The summed E-state index contributed by atoms with van der Waals surface area (Å²) >= 11 is 1.77. The third kappa shape index (κ3) is 7.17. The van der Waals surface area contributed by atoms with Gasteiger partial charge in [-0.15, -0.1) is 11.8 Å². The molecule has 3 rings (SSSR count). The number of hydrazone groups is 1. The predicted octanol–water partition coefficient (Wildman–Crippen LogP) is 5.93. The van der Waals surface area contributed by atoms with Crippen molar-refractivity contribution in [1.29, 1.82) is 0 Å². The zero-order valence-corrected chi connectivity index (χ0v) is 19.2. The minimum absolute atomic E-state index is 0.253. The van der Waals surface area contributed by atoms with Crippen molar-refractivity contribution >= 4 is 23.9 Å². The number of rotatable bonds is 11. The number of benzene rings is 3. The highest BCUT2D eigenvalue weighted by Crippen LogP contribution is 2.28. The molecule has 1 amide bonds. The zero-order valence-electron chi connectivity index (χ0n) is 18.4. The molecule has 0 bridgehead atoms. The molecule has 3 aromatic carbocycles.